The summed E-state index contributed by atoms with van der Waals surface area (Å²) in [5.41, 5.74) is 7.78. The zero-order chi connectivity index (χ0) is 14.7. The smallest absolute Gasteiger partial charge is 0.129 e. The molecular formula is C16H24N2OS. The third kappa shape index (κ3) is 3.30. The van der Waals surface area contributed by atoms with Crippen LogP contribution in [0.5, 0.6) is 5.75 Å². The molecule has 1 heterocycles. The van der Waals surface area contributed by atoms with Crippen molar-refractivity contribution in [1.29, 1.82) is 0 Å². The monoisotopic (exact) mass is 292 g/mol. The molecule has 1 atom stereocenters. The van der Waals surface area contributed by atoms with Crippen LogP contribution in [0.3, 0.4) is 0 Å². The van der Waals surface area contributed by atoms with Gasteiger partial charge in [0.15, 0.2) is 0 Å². The third-order valence-electron chi connectivity index (χ3n) is 4.10. The van der Waals surface area contributed by atoms with Crippen molar-refractivity contribution in [1.82, 2.24) is 4.90 Å². The van der Waals surface area contributed by atoms with Gasteiger partial charge in [-0.25, -0.2) is 0 Å². The Labute approximate surface area is 127 Å². The molecule has 1 aromatic rings. The van der Waals surface area contributed by atoms with Gasteiger partial charge in [0.25, 0.3) is 0 Å². The maximum Gasteiger partial charge on any atom is 0.129 e. The van der Waals surface area contributed by atoms with Crippen molar-refractivity contribution in [2.75, 3.05) is 13.7 Å². The number of nitrogens with zero attached hydrogens (tertiary/aromatic N) is 1. The average molecular weight is 292 g/mol. The molecule has 0 aromatic heterocycles. The molecule has 20 heavy (non-hydrogen) atoms. The minimum absolute atomic E-state index is 0.384. The minimum Gasteiger partial charge on any atom is -0.496 e. The van der Waals surface area contributed by atoms with Gasteiger partial charge in [-0.2, -0.15) is 0 Å². The lowest BCUT2D eigenvalue weighted by Gasteiger charge is -2.27. The van der Waals surface area contributed by atoms with Crippen LogP contribution < -0.4 is 10.5 Å². The Kier molecular flexibility index (Phi) is 5.00. The van der Waals surface area contributed by atoms with E-state index in [4.69, 9.17) is 22.7 Å². The van der Waals surface area contributed by atoms with Gasteiger partial charge in [0.2, 0.25) is 0 Å². The SMILES string of the molecule is COc1cc(CN2CCCC2C(C)C)ccc1C(N)=S. The fourth-order valence-electron chi connectivity index (χ4n) is 3.08. The average Bonchev–Trinajstić information content (AvgIpc) is 2.86. The molecule has 0 bridgehead atoms. The molecule has 4 heteroatoms. The largest absolute Gasteiger partial charge is 0.496 e. The maximum absolute atomic E-state index is 5.71. The molecular weight excluding hydrogens is 268 g/mol. The van der Waals surface area contributed by atoms with Crippen molar-refractivity contribution in [2.45, 2.75) is 39.3 Å². The Balaban J connectivity index is 2.15. The van der Waals surface area contributed by atoms with Crippen LogP contribution in [0.4, 0.5) is 0 Å². The Hall–Kier alpha value is -1.13. The van der Waals surface area contributed by atoms with Crippen LogP contribution >= 0.6 is 12.2 Å². The van der Waals surface area contributed by atoms with Crippen molar-refractivity contribution >= 4 is 17.2 Å². The van der Waals surface area contributed by atoms with Gasteiger partial charge in [-0.3, -0.25) is 4.90 Å². The number of nitrogens with two attached hydrogens (primary N) is 1. The fourth-order valence-corrected chi connectivity index (χ4v) is 3.24. The minimum atomic E-state index is 0.384. The number of benzene rings is 1. The van der Waals surface area contributed by atoms with E-state index >= 15 is 0 Å². The van der Waals surface area contributed by atoms with Crippen molar-refractivity contribution in [3.63, 3.8) is 0 Å². The number of hydrogen-bond donors (Lipinski definition) is 1. The summed E-state index contributed by atoms with van der Waals surface area (Å²) < 4.78 is 5.40. The highest BCUT2D eigenvalue weighted by atomic mass is 32.1. The molecule has 110 valence electrons. The van der Waals surface area contributed by atoms with Crippen molar-refractivity contribution in [3.8, 4) is 5.75 Å². The zero-order valence-corrected chi connectivity index (χ0v) is 13.4. The lowest BCUT2D eigenvalue weighted by molar-refractivity contribution is 0.198. The predicted molar refractivity (Wildman–Crippen MR) is 87.2 cm³/mol. The first kappa shape index (κ1) is 15.3. The van der Waals surface area contributed by atoms with E-state index in [1.165, 1.54) is 24.9 Å². The molecule has 0 spiro atoms. The Bertz CT molecular complexity index is 487. The Morgan fingerprint density at radius 1 is 1.50 bits per heavy atom. The highest BCUT2D eigenvalue weighted by molar-refractivity contribution is 7.80. The van der Waals surface area contributed by atoms with Crippen molar-refractivity contribution in [3.05, 3.63) is 29.3 Å². The van der Waals surface area contributed by atoms with E-state index in [1.807, 2.05) is 6.07 Å². The summed E-state index contributed by atoms with van der Waals surface area (Å²) >= 11 is 5.04. The molecule has 1 unspecified atom stereocenters. The second-order valence-electron chi connectivity index (χ2n) is 5.82. The van der Waals surface area contributed by atoms with Crippen LogP contribution in [0.25, 0.3) is 0 Å². The van der Waals surface area contributed by atoms with Crippen LogP contribution in [0.2, 0.25) is 0 Å². The first-order valence-electron chi connectivity index (χ1n) is 7.23. The van der Waals surface area contributed by atoms with Gasteiger partial charge in [-0.05, 0) is 43.0 Å². The van der Waals surface area contributed by atoms with E-state index in [2.05, 4.69) is 30.9 Å². The molecule has 3 nitrogen and oxygen atoms in total. The summed E-state index contributed by atoms with van der Waals surface area (Å²) in [7, 11) is 1.66. The first-order valence-corrected chi connectivity index (χ1v) is 7.64. The number of ether oxygens (including phenoxy) is 1. The van der Waals surface area contributed by atoms with E-state index in [0.717, 1.165) is 17.9 Å². The van der Waals surface area contributed by atoms with Gasteiger partial charge in [0.05, 0.1) is 12.7 Å². The van der Waals surface area contributed by atoms with E-state index in [9.17, 15) is 0 Å². The Morgan fingerprint density at radius 2 is 2.25 bits per heavy atom. The molecule has 0 amide bonds. The Morgan fingerprint density at radius 3 is 2.85 bits per heavy atom. The van der Waals surface area contributed by atoms with Gasteiger partial charge in [-0.1, -0.05) is 32.1 Å². The number of methoxy groups -OCH3 is 1. The second kappa shape index (κ2) is 6.55. The van der Waals surface area contributed by atoms with Gasteiger partial charge in [0.1, 0.15) is 10.7 Å². The van der Waals surface area contributed by atoms with E-state index in [-0.39, 0.29) is 0 Å². The topological polar surface area (TPSA) is 38.5 Å². The van der Waals surface area contributed by atoms with E-state index < -0.39 is 0 Å². The van der Waals surface area contributed by atoms with Gasteiger partial charge < -0.3 is 10.5 Å². The summed E-state index contributed by atoms with van der Waals surface area (Å²) in [5, 5.41) is 0. The third-order valence-corrected chi connectivity index (χ3v) is 4.32. The second-order valence-corrected chi connectivity index (χ2v) is 6.26. The van der Waals surface area contributed by atoms with Crippen LogP contribution in [0.15, 0.2) is 18.2 Å². The standard InChI is InChI=1S/C16H24N2OS/c1-11(2)14-5-4-8-18(14)10-12-6-7-13(16(17)20)15(9-12)19-3/h6-7,9,11,14H,4-5,8,10H2,1-3H3,(H2,17,20). The maximum atomic E-state index is 5.71. The van der Waals surface area contributed by atoms with E-state index in [1.54, 1.807) is 7.11 Å². The number of hydrogen-bond acceptors (Lipinski definition) is 3. The lowest BCUT2D eigenvalue weighted by atomic mass is 10.0. The molecule has 0 radical (unpaired) electrons. The number of likely N-dealkylation sites (tertiary alicyclic amines) is 1. The summed E-state index contributed by atoms with van der Waals surface area (Å²) in [6, 6.07) is 6.82. The number of rotatable bonds is 5. The normalized spacial score (nSPS) is 19.5. The predicted octanol–water partition coefficient (Wildman–Crippen LogP) is 2.95. The van der Waals surface area contributed by atoms with Gasteiger partial charge in [-0.15, -0.1) is 0 Å². The molecule has 1 aliphatic heterocycles. The zero-order valence-electron chi connectivity index (χ0n) is 12.6. The highest BCUT2D eigenvalue weighted by Crippen LogP contribution is 2.27. The van der Waals surface area contributed by atoms with Crippen LogP contribution in [0.1, 0.15) is 37.8 Å². The summed E-state index contributed by atoms with van der Waals surface area (Å²) in [5.74, 6) is 1.48. The molecule has 1 aromatic carbocycles. The lowest BCUT2D eigenvalue weighted by Crippen LogP contribution is -2.32. The first-order chi connectivity index (χ1) is 9.52. The van der Waals surface area contributed by atoms with Crippen LogP contribution in [-0.2, 0) is 6.54 Å². The van der Waals surface area contributed by atoms with Gasteiger partial charge >= 0.3 is 0 Å². The molecule has 2 N–H and O–H groups in total. The van der Waals surface area contributed by atoms with E-state index in [0.29, 0.717) is 16.9 Å². The number of thiocarbonyl (C=S) groups is 1. The van der Waals surface area contributed by atoms with Crippen molar-refractivity contribution in [2.24, 2.45) is 11.7 Å². The molecule has 1 aliphatic rings. The molecule has 0 aliphatic carbocycles. The molecule has 0 saturated carbocycles. The quantitative estimate of drug-likeness (QED) is 0.847. The molecule has 1 fully saturated rings. The molecule has 1 saturated heterocycles. The van der Waals surface area contributed by atoms with Crippen LogP contribution in [-0.4, -0.2) is 29.6 Å². The summed E-state index contributed by atoms with van der Waals surface area (Å²) in [6.45, 7) is 6.76. The molecule has 2 rings (SSSR count). The van der Waals surface area contributed by atoms with Crippen LogP contribution in [0, 0.1) is 5.92 Å². The highest BCUT2D eigenvalue weighted by Gasteiger charge is 2.26. The van der Waals surface area contributed by atoms with Gasteiger partial charge in [0, 0.05) is 12.6 Å². The summed E-state index contributed by atoms with van der Waals surface area (Å²) in [4.78, 5) is 2.95. The summed E-state index contributed by atoms with van der Waals surface area (Å²) in [6.07, 6.45) is 2.60. The van der Waals surface area contributed by atoms with Crippen molar-refractivity contribution < 1.29 is 4.74 Å². The fraction of sp³-hybridized carbons (Fsp3) is 0.562.